The SMILES string of the molecule is CCC1CCCCC1NC(c1cccs1)C1CCCC1. The van der Waals surface area contributed by atoms with E-state index in [1.807, 2.05) is 11.3 Å². The fraction of sp³-hybridized carbons (Fsp3) is 0.778. The predicted octanol–water partition coefficient (Wildman–Crippen LogP) is 5.54. The van der Waals surface area contributed by atoms with Gasteiger partial charge in [-0.2, -0.15) is 0 Å². The molecule has 1 aromatic rings. The molecule has 0 saturated heterocycles. The van der Waals surface area contributed by atoms with Crippen LogP contribution in [0.25, 0.3) is 0 Å². The van der Waals surface area contributed by atoms with Crippen molar-refractivity contribution in [2.75, 3.05) is 0 Å². The van der Waals surface area contributed by atoms with E-state index < -0.39 is 0 Å². The fourth-order valence-corrected chi connectivity index (χ4v) is 5.23. The van der Waals surface area contributed by atoms with Crippen molar-refractivity contribution in [1.29, 1.82) is 0 Å². The Morgan fingerprint density at radius 2 is 1.90 bits per heavy atom. The maximum Gasteiger partial charge on any atom is 0.0445 e. The van der Waals surface area contributed by atoms with Crippen LogP contribution < -0.4 is 5.32 Å². The van der Waals surface area contributed by atoms with E-state index in [1.165, 1.54) is 57.8 Å². The molecule has 0 aliphatic heterocycles. The third-order valence-corrected chi connectivity index (χ3v) is 6.50. The first-order valence-corrected chi connectivity index (χ1v) is 9.56. The van der Waals surface area contributed by atoms with Gasteiger partial charge in [-0.15, -0.1) is 11.3 Å². The molecule has 1 heterocycles. The molecule has 112 valence electrons. The summed E-state index contributed by atoms with van der Waals surface area (Å²) in [5.74, 6) is 1.79. The van der Waals surface area contributed by atoms with Crippen LogP contribution in [0.4, 0.5) is 0 Å². The van der Waals surface area contributed by atoms with Gasteiger partial charge in [0, 0.05) is 17.0 Å². The van der Waals surface area contributed by atoms with Crippen LogP contribution in [0.5, 0.6) is 0 Å². The Balaban J connectivity index is 1.72. The van der Waals surface area contributed by atoms with E-state index in [4.69, 9.17) is 0 Å². The van der Waals surface area contributed by atoms with Gasteiger partial charge in [-0.1, -0.05) is 45.1 Å². The van der Waals surface area contributed by atoms with Crippen LogP contribution in [0.3, 0.4) is 0 Å². The first-order valence-electron chi connectivity index (χ1n) is 8.68. The minimum Gasteiger partial charge on any atom is -0.306 e. The average Bonchev–Trinajstić information content (AvgIpc) is 3.18. The molecule has 0 amide bonds. The van der Waals surface area contributed by atoms with Gasteiger partial charge in [-0.25, -0.2) is 0 Å². The number of hydrogen-bond acceptors (Lipinski definition) is 2. The van der Waals surface area contributed by atoms with E-state index in [-0.39, 0.29) is 0 Å². The van der Waals surface area contributed by atoms with E-state index in [2.05, 4.69) is 29.8 Å². The second-order valence-electron chi connectivity index (χ2n) is 6.76. The molecular weight excluding hydrogens is 262 g/mol. The third-order valence-electron chi connectivity index (χ3n) is 5.55. The first-order chi connectivity index (χ1) is 9.88. The summed E-state index contributed by atoms with van der Waals surface area (Å²) in [6, 6.07) is 5.97. The third kappa shape index (κ3) is 3.28. The highest BCUT2D eigenvalue weighted by molar-refractivity contribution is 7.10. The van der Waals surface area contributed by atoms with Crippen molar-refractivity contribution >= 4 is 11.3 Å². The second kappa shape index (κ2) is 7.09. The largest absolute Gasteiger partial charge is 0.306 e. The van der Waals surface area contributed by atoms with E-state index in [9.17, 15) is 0 Å². The molecule has 3 unspecified atom stereocenters. The van der Waals surface area contributed by atoms with Gasteiger partial charge in [-0.05, 0) is 49.0 Å². The van der Waals surface area contributed by atoms with Crippen LogP contribution in [0, 0.1) is 11.8 Å². The van der Waals surface area contributed by atoms with Crippen molar-refractivity contribution in [3.05, 3.63) is 22.4 Å². The number of rotatable bonds is 5. The molecule has 1 aromatic heterocycles. The van der Waals surface area contributed by atoms with Crippen molar-refractivity contribution in [3.8, 4) is 0 Å². The predicted molar refractivity (Wildman–Crippen MR) is 88.2 cm³/mol. The van der Waals surface area contributed by atoms with Crippen molar-refractivity contribution in [1.82, 2.24) is 5.32 Å². The zero-order chi connectivity index (χ0) is 13.8. The molecule has 2 fully saturated rings. The van der Waals surface area contributed by atoms with E-state index in [0.29, 0.717) is 6.04 Å². The van der Waals surface area contributed by atoms with Gasteiger partial charge in [0.2, 0.25) is 0 Å². The first kappa shape index (κ1) is 14.6. The Morgan fingerprint density at radius 1 is 1.15 bits per heavy atom. The van der Waals surface area contributed by atoms with Crippen LogP contribution in [-0.4, -0.2) is 6.04 Å². The zero-order valence-electron chi connectivity index (χ0n) is 12.8. The van der Waals surface area contributed by atoms with Crippen molar-refractivity contribution < 1.29 is 0 Å². The standard InChI is InChI=1S/C18H29NS/c1-2-14-8-5-6-11-16(14)19-18(15-9-3-4-10-15)17-12-7-13-20-17/h7,12-16,18-19H,2-6,8-11H2,1H3. The van der Waals surface area contributed by atoms with Crippen molar-refractivity contribution in [3.63, 3.8) is 0 Å². The Labute approximate surface area is 128 Å². The van der Waals surface area contributed by atoms with Gasteiger partial charge in [0.25, 0.3) is 0 Å². The summed E-state index contributed by atoms with van der Waals surface area (Å²) in [6.45, 7) is 2.38. The van der Waals surface area contributed by atoms with E-state index in [1.54, 1.807) is 4.88 Å². The second-order valence-corrected chi connectivity index (χ2v) is 7.74. The molecule has 3 rings (SSSR count). The molecule has 2 saturated carbocycles. The van der Waals surface area contributed by atoms with Gasteiger partial charge in [0.1, 0.15) is 0 Å². The molecule has 2 aliphatic carbocycles. The Bertz CT molecular complexity index is 380. The Kier molecular flexibility index (Phi) is 5.17. The van der Waals surface area contributed by atoms with Gasteiger partial charge in [0.05, 0.1) is 0 Å². The summed E-state index contributed by atoms with van der Waals surface area (Å²) >= 11 is 1.95. The molecule has 2 aliphatic rings. The monoisotopic (exact) mass is 291 g/mol. The molecule has 0 radical (unpaired) electrons. The van der Waals surface area contributed by atoms with Crippen molar-refractivity contribution in [2.45, 2.75) is 76.8 Å². The Hall–Kier alpha value is -0.340. The van der Waals surface area contributed by atoms with Crippen LogP contribution >= 0.6 is 11.3 Å². The lowest BCUT2D eigenvalue weighted by Gasteiger charge is -2.36. The lowest BCUT2D eigenvalue weighted by Crippen LogP contribution is -2.42. The number of nitrogens with one attached hydrogen (secondary N) is 1. The van der Waals surface area contributed by atoms with Crippen molar-refractivity contribution in [2.24, 2.45) is 11.8 Å². The van der Waals surface area contributed by atoms with E-state index >= 15 is 0 Å². The highest BCUT2D eigenvalue weighted by atomic mass is 32.1. The number of hydrogen-bond donors (Lipinski definition) is 1. The van der Waals surface area contributed by atoms with Crippen LogP contribution in [0.1, 0.15) is 75.6 Å². The molecular formula is C18H29NS. The molecule has 2 heteroatoms. The average molecular weight is 292 g/mol. The number of thiophene rings is 1. The van der Waals surface area contributed by atoms with Gasteiger partial charge >= 0.3 is 0 Å². The molecule has 0 spiro atoms. The molecule has 1 nitrogen and oxygen atoms in total. The minimum absolute atomic E-state index is 0.634. The van der Waals surface area contributed by atoms with Crippen LogP contribution in [0.15, 0.2) is 17.5 Å². The van der Waals surface area contributed by atoms with Crippen LogP contribution in [0.2, 0.25) is 0 Å². The summed E-state index contributed by atoms with van der Waals surface area (Å²) in [4.78, 5) is 1.58. The minimum atomic E-state index is 0.634. The Morgan fingerprint density at radius 3 is 2.60 bits per heavy atom. The lowest BCUT2D eigenvalue weighted by molar-refractivity contribution is 0.213. The maximum atomic E-state index is 4.11. The molecule has 3 atom stereocenters. The topological polar surface area (TPSA) is 12.0 Å². The maximum absolute atomic E-state index is 4.11. The normalized spacial score (nSPS) is 29.6. The summed E-state index contributed by atoms with van der Waals surface area (Å²) < 4.78 is 0. The summed E-state index contributed by atoms with van der Waals surface area (Å²) in [7, 11) is 0. The molecule has 20 heavy (non-hydrogen) atoms. The summed E-state index contributed by atoms with van der Waals surface area (Å²) in [6.07, 6.45) is 12.8. The fourth-order valence-electron chi connectivity index (χ4n) is 4.36. The highest BCUT2D eigenvalue weighted by Gasteiger charge is 2.32. The van der Waals surface area contributed by atoms with Crippen LogP contribution in [-0.2, 0) is 0 Å². The summed E-state index contributed by atoms with van der Waals surface area (Å²) in [5, 5.41) is 6.36. The smallest absolute Gasteiger partial charge is 0.0445 e. The van der Waals surface area contributed by atoms with E-state index in [0.717, 1.165) is 17.9 Å². The quantitative estimate of drug-likeness (QED) is 0.751. The van der Waals surface area contributed by atoms with Gasteiger partial charge in [0.15, 0.2) is 0 Å². The molecule has 0 bridgehead atoms. The highest BCUT2D eigenvalue weighted by Crippen LogP contribution is 2.39. The molecule has 1 N–H and O–H groups in total. The van der Waals surface area contributed by atoms with Gasteiger partial charge in [-0.3, -0.25) is 0 Å². The lowest BCUT2D eigenvalue weighted by atomic mass is 9.81. The zero-order valence-corrected chi connectivity index (χ0v) is 13.6. The summed E-state index contributed by atoms with van der Waals surface area (Å²) in [5.41, 5.74) is 0. The van der Waals surface area contributed by atoms with Gasteiger partial charge < -0.3 is 5.32 Å². The molecule has 0 aromatic carbocycles.